The zero-order chi connectivity index (χ0) is 17.5. The van der Waals surface area contributed by atoms with Crippen molar-refractivity contribution in [1.82, 2.24) is 15.5 Å². The van der Waals surface area contributed by atoms with E-state index in [1.165, 1.54) is 0 Å². The van der Waals surface area contributed by atoms with Crippen molar-refractivity contribution in [3.63, 3.8) is 0 Å². The third kappa shape index (κ3) is 7.63. The summed E-state index contributed by atoms with van der Waals surface area (Å²) in [5.74, 6) is -0.0390. The summed E-state index contributed by atoms with van der Waals surface area (Å²) in [4.78, 5) is 26.4. The van der Waals surface area contributed by atoms with E-state index in [0.717, 1.165) is 38.2 Å². The molecule has 0 radical (unpaired) electrons. The van der Waals surface area contributed by atoms with E-state index in [9.17, 15) is 9.59 Å². The number of carbonyl (C=O) groups excluding carboxylic acids is 2. The van der Waals surface area contributed by atoms with E-state index in [1.807, 2.05) is 30.3 Å². The number of morpholine rings is 1. The zero-order valence-electron chi connectivity index (χ0n) is 15.2. The Morgan fingerprint density at radius 1 is 1.15 bits per heavy atom. The number of amides is 2. The number of nitrogens with zero attached hydrogens (tertiary/aromatic N) is 1. The Morgan fingerprint density at radius 3 is 2.48 bits per heavy atom. The Hall–Kier alpha value is -1.38. The maximum Gasteiger partial charge on any atom is 0.250 e. The molecule has 2 heterocycles. The number of piperidine rings is 1. The van der Waals surface area contributed by atoms with Crippen LogP contribution in [0.15, 0.2) is 30.3 Å². The van der Waals surface area contributed by atoms with Crippen molar-refractivity contribution in [3.8, 4) is 0 Å². The second kappa shape index (κ2) is 12.2. The molecule has 0 bridgehead atoms. The molecule has 2 fully saturated rings. The molecule has 2 aliphatic rings. The van der Waals surface area contributed by atoms with Crippen LogP contribution in [0.4, 0.5) is 5.69 Å². The van der Waals surface area contributed by atoms with E-state index in [-0.39, 0.29) is 48.8 Å². The number of rotatable bonds is 5. The number of hydrogen-bond acceptors (Lipinski definition) is 5. The first-order chi connectivity index (χ1) is 12.2. The fourth-order valence-electron chi connectivity index (χ4n) is 3.19. The highest BCUT2D eigenvalue weighted by Gasteiger charge is 2.26. The second-order valence-electron chi connectivity index (χ2n) is 6.54. The van der Waals surface area contributed by atoms with Crippen LogP contribution in [0.2, 0.25) is 0 Å². The molecule has 0 spiro atoms. The van der Waals surface area contributed by atoms with E-state index in [4.69, 9.17) is 4.74 Å². The van der Waals surface area contributed by atoms with Gasteiger partial charge in [0.1, 0.15) is 6.10 Å². The number of carbonyl (C=O) groups is 2. The first kappa shape index (κ1) is 23.7. The topological polar surface area (TPSA) is 82.7 Å². The lowest BCUT2D eigenvalue weighted by atomic mass is 10.0. The Bertz CT molecular complexity index is 577. The van der Waals surface area contributed by atoms with Crippen molar-refractivity contribution >= 4 is 42.3 Å². The molecule has 0 aliphatic carbocycles. The van der Waals surface area contributed by atoms with Gasteiger partial charge in [0.05, 0.1) is 13.2 Å². The molecule has 3 rings (SSSR count). The minimum absolute atomic E-state index is 0. The summed E-state index contributed by atoms with van der Waals surface area (Å²) in [6.07, 6.45) is 1.32. The van der Waals surface area contributed by atoms with Crippen molar-refractivity contribution in [2.75, 3.05) is 44.6 Å². The molecular formula is C18H28Cl2N4O3. The van der Waals surface area contributed by atoms with Gasteiger partial charge in [-0.1, -0.05) is 18.2 Å². The number of halogens is 2. The van der Waals surface area contributed by atoms with Gasteiger partial charge in [-0.25, -0.2) is 0 Å². The van der Waals surface area contributed by atoms with Crippen LogP contribution in [-0.4, -0.2) is 68.2 Å². The van der Waals surface area contributed by atoms with Gasteiger partial charge < -0.3 is 20.7 Å². The number of benzene rings is 1. The average Bonchev–Trinajstić information content (AvgIpc) is 2.65. The van der Waals surface area contributed by atoms with Crippen molar-refractivity contribution in [3.05, 3.63) is 30.3 Å². The van der Waals surface area contributed by atoms with Crippen molar-refractivity contribution in [1.29, 1.82) is 0 Å². The Kier molecular flexibility index (Phi) is 10.6. The highest BCUT2D eigenvalue weighted by atomic mass is 35.5. The first-order valence-electron chi connectivity index (χ1n) is 8.90. The molecule has 1 aromatic carbocycles. The Balaban J connectivity index is 0.00000182. The third-order valence-corrected chi connectivity index (χ3v) is 4.58. The van der Waals surface area contributed by atoms with Crippen LogP contribution in [0.5, 0.6) is 0 Å². The van der Waals surface area contributed by atoms with Gasteiger partial charge in [0.15, 0.2) is 0 Å². The van der Waals surface area contributed by atoms with Gasteiger partial charge in [-0.2, -0.15) is 0 Å². The normalized spacial score (nSPS) is 20.7. The molecule has 2 saturated heterocycles. The Morgan fingerprint density at radius 2 is 1.85 bits per heavy atom. The molecule has 1 atom stereocenters. The summed E-state index contributed by atoms with van der Waals surface area (Å²) in [5.41, 5.74) is 0.816. The molecular weight excluding hydrogens is 391 g/mol. The van der Waals surface area contributed by atoms with E-state index in [1.54, 1.807) is 0 Å². The zero-order valence-corrected chi connectivity index (χ0v) is 16.8. The fraction of sp³-hybridized carbons (Fsp3) is 0.556. The van der Waals surface area contributed by atoms with E-state index < -0.39 is 0 Å². The fourth-order valence-corrected chi connectivity index (χ4v) is 3.19. The standard InChI is InChI=1S/C18H26N4O3.2ClH/c23-17(20-14-4-2-1-3-5-14)13-22-9-6-15(7-10-22)21-18(24)16-12-19-8-11-25-16;;/h1-5,15-16,19H,6-13H2,(H,20,23)(H,21,24);2*1H. The van der Waals surface area contributed by atoms with E-state index in [2.05, 4.69) is 20.9 Å². The lowest BCUT2D eigenvalue weighted by Crippen LogP contribution is -2.52. The molecule has 27 heavy (non-hydrogen) atoms. The summed E-state index contributed by atoms with van der Waals surface area (Å²) in [6, 6.07) is 9.63. The minimum Gasteiger partial charge on any atom is -0.366 e. The predicted molar refractivity (Wildman–Crippen MR) is 110 cm³/mol. The molecule has 7 nitrogen and oxygen atoms in total. The lowest BCUT2D eigenvalue weighted by Gasteiger charge is -2.33. The molecule has 0 aromatic heterocycles. The molecule has 2 aliphatic heterocycles. The average molecular weight is 419 g/mol. The smallest absolute Gasteiger partial charge is 0.250 e. The number of anilines is 1. The summed E-state index contributed by atoms with van der Waals surface area (Å²) in [6.45, 7) is 3.93. The molecule has 3 N–H and O–H groups in total. The predicted octanol–water partition coefficient (Wildman–Crippen LogP) is 1.04. The Labute approximate surface area is 172 Å². The van der Waals surface area contributed by atoms with Crippen molar-refractivity contribution < 1.29 is 14.3 Å². The van der Waals surface area contributed by atoms with Gasteiger partial charge in [0, 0.05) is 37.9 Å². The number of hydrogen-bond donors (Lipinski definition) is 3. The maximum absolute atomic E-state index is 12.2. The van der Waals surface area contributed by atoms with Crippen LogP contribution in [-0.2, 0) is 14.3 Å². The monoisotopic (exact) mass is 418 g/mol. The molecule has 1 unspecified atom stereocenters. The van der Waals surface area contributed by atoms with Crippen LogP contribution in [0, 0.1) is 0 Å². The van der Waals surface area contributed by atoms with Crippen LogP contribution in [0.25, 0.3) is 0 Å². The van der Waals surface area contributed by atoms with Crippen LogP contribution < -0.4 is 16.0 Å². The first-order valence-corrected chi connectivity index (χ1v) is 8.90. The summed E-state index contributed by atoms with van der Waals surface area (Å²) < 4.78 is 5.47. The number of likely N-dealkylation sites (tertiary alicyclic amines) is 1. The van der Waals surface area contributed by atoms with Crippen LogP contribution >= 0.6 is 24.8 Å². The van der Waals surface area contributed by atoms with Gasteiger partial charge in [-0.05, 0) is 25.0 Å². The SMILES string of the molecule is Cl.Cl.O=C(CN1CCC(NC(=O)C2CNCCO2)CC1)Nc1ccccc1. The van der Waals surface area contributed by atoms with E-state index >= 15 is 0 Å². The third-order valence-electron chi connectivity index (χ3n) is 4.58. The molecule has 2 amide bonds. The largest absolute Gasteiger partial charge is 0.366 e. The second-order valence-corrected chi connectivity index (χ2v) is 6.54. The van der Waals surface area contributed by atoms with E-state index in [0.29, 0.717) is 19.7 Å². The lowest BCUT2D eigenvalue weighted by molar-refractivity contribution is -0.135. The van der Waals surface area contributed by atoms with Crippen molar-refractivity contribution in [2.45, 2.75) is 25.0 Å². The summed E-state index contributed by atoms with van der Waals surface area (Å²) >= 11 is 0. The van der Waals surface area contributed by atoms with Gasteiger partial charge in [0.2, 0.25) is 5.91 Å². The molecule has 9 heteroatoms. The minimum atomic E-state index is -0.386. The van der Waals surface area contributed by atoms with Gasteiger partial charge >= 0.3 is 0 Å². The van der Waals surface area contributed by atoms with Crippen molar-refractivity contribution in [2.24, 2.45) is 0 Å². The number of para-hydroxylation sites is 1. The van der Waals surface area contributed by atoms with Gasteiger partial charge in [-0.3, -0.25) is 14.5 Å². The molecule has 0 saturated carbocycles. The molecule has 1 aromatic rings. The number of nitrogens with one attached hydrogen (secondary N) is 3. The summed E-state index contributed by atoms with van der Waals surface area (Å²) in [5, 5.41) is 9.14. The quantitative estimate of drug-likeness (QED) is 0.665. The summed E-state index contributed by atoms with van der Waals surface area (Å²) in [7, 11) is 0. The maximum atomic E-state index is 12.2. The highest BCUT2D eigenvalue weighted by Crippen LogP contribution is 2.12. The van der Waals surface area contributed by atoms with Gasteiger partial charge in [-0.15, -0.1) is 24.8 Å². The molecule has 152 valence electrons. The number of ether oxygens (including phenoxy) is 1. The van der Waals surface area contributed by atoms with Crippen LogP contribution in [0.1, 0.15) is 12.8 Å². The van der Waals surface area contributed by atoms with Gasteiger partial charge in [0.25, 0.3) is 5.91 Å². The highest BCUT2D eigenvalue weighted by molar-refractivity contribution is 5.92. The van der Waals surface area contributed by atoms with Crippen LogP contribution in [0.3, 0.4) is 0 Å².